The number of hydrogen-bond acceptors (Lipinski definition) is 3. The summed E-state index contributed by atoms with van der Waals surface area (Å²) in [5.41, 5.74) is 9.76. The van der Waals surface area contributed by atoms with E-state index in [1.54, 1.807) is 0 Å². The maximum atomic E-state index is 6.78. The molecule has 3 aromatic heterocycles. The SMILES string of the molecule is c1ccc(-c2cccc(-c3cc(-c4ccccc4)nc(-n4c5ccccc5c5c6ccccc6c6c7ccccc7oc6c54)n3)c2)cc1. The minimum atomic E-state index is 0.597. The zero-order valence-corrected chi connectivity index (χ0v) is 25.8. The molecule has 0 spiro atoms. The number of rotatable bonds is 4. The summed E-state index contributed by atoms with van der Waals surface area (Å²) in [6.07, 6.45) is 0. The smallest absolute Gasteiger partial charge is 0.235 e. The molecule has 4 nitrogen and oxygen atoms in total. The van der Waals surface area contributed by atoms with Crippen molar-refractivity contribution in [2.24, 2.45) is 0 Å². The second kappa shape index (κ2) is 10.5. The molecule has 0 aliphatic rings. The van der Waals surface area contributed by atoms with E-state index in [-0.39, 0.29) is 0 Å². The Balaban J connectivity index is 1.34. The Bertz CT molecular complexity index is 2830. The number of fused-ring (bicyclic) bond motifs is 10. The van der Waals surface area contributed by atoms with Crippen molar-refractivity contribution in [2.45, 2.75) is 0 Å². The van der Waals surface area contributed by atoms with E-state index in [1.165, 1.54) is 16.3 Å². The van der Waals surface area contributed by atoms with E-state index >= 15 is 0 Å². The fourth-order valence-corrected chi connectivity index (χ4v) is 7.26. The molecule has 7 aromatic carbocycles. The topological polar surface area (TPSA) is 43.9 Å². The van der Waals surface area contributed by atoms with Gasteiger partial charge < -0.3 is 4.42 Å². The number of benzene rings is 7. The van der Waals surface area contributed by atoms with Crippen LogP contribution in [0.5, 0.6) is 0 Å². The second-order valence-electron chi connectivity index (χ2n) is 12.2. The van der Waals surface area contributed by atoms with Crippen molar-refractivity contribution in [3.63, 3.8) is 0 Å². The predicted octanol–water partition coefficient (Wildman–Crippen LogP) is 11.6. The summed E-state index contributed by atoms with van der Waals surface area (Å²) in [6, 6.07) is 57.0. The van der Waals surface area contributed by atoms with Crippen LogP contribution in [0.3, 0.4) is 0 Å². The van der Waals surface area contributed by atoms with Crippen molar-refractivity contribution < 1.29 is 4.42 Å². The van der Waals surface area contributed by atoms with Crippen molar-refractivity contribution in [1.82, 2.24) is 14.5 Å². The molecule has 0 fully saturated rings. The van der Waals surface area contributed by atoms with Crippen LogP contribution in [-0.4, -0.2) is 14.5 Å². The van der Waals surface area contributed by atoms with Gasteiger partial charge in [0, 0.05) is 32.7 Å². The highest BCUT2D eigenvalue weighted by Gasteiger charge is 2.24. The first-order valence-electron chi connectivity index (χ1n) is 16.2. The summed E-state index contributed by atoms with van der Waals surface area (Å²) in [6.45, 7) is 0. The van der Waals surface area contributed by atoms with Crippen molar-refractivity contribution in [3.8, 4) is 39.6 Å². The molecular formula is C44H27N3O. The zero-order chi connectivity index (χ0) is 31.6. The number of hydrogen-bond donors (Lipinski definition) is 0. The second-order valence-corrected chi connectivity index (χ2v) is 12.2. The normalized spacial score (nSPS) is 11.8. The van der Waals surface area contributed by atoms with Gasteiger partial charge >= 0.3 is 0 Å². The van der Waals surface area contributed by atoms with Crippen LogP contribution in [0.25, 0.3) is 94.1 Å². The summed E-state index contributed by atoms with van der Waals surface area (Å²) in [5.74, 6) is 0.597. The van der Waals surface area contributed by atoms with Crippen molar-refractivity contribution in [2.75, 3.05) is 0 Å². The van der Waals surface area contributed by atoms with Gasteiger partial charge in [0.25, 0.3) is 0 Å². The Morgan fingerprint density at radius 3 is 1.75 bits per heavy atom. The van der Waals surface area contributed by atoms with Crippen molar-refractivity contribution in [1.29, 1.82) is 0 Å². The lowest BCUT2D eigenvalue weighted by molar-refractivity contribution is 0.671. The van der Waals surface area contributed by atoms with Crippen LogP contribution in [0.15, 0.2) is 168 Å². The van der Waals surface area contributed by atoms with Crippen LogP contribution in [-0.2, 0) is 0 Å². The first kappa shape index (κ1) is 26.7. The van der Waals surface area contributed by atoms with Crippen LogP contribution in [0.4, 0.5) is 0 Å². The summed E-state index contributed by atoms with van der Waals surface area (Å²) >= 11 is 0. The van der Waals surface area contributed by atoms with E-state index in [0.29, 0.717) is 5.95 Å². The van der Waals surface area contributed by atoms with Crippen LogP contribution >= 0.6 is 0 Å². The lowest BCUT2D eigenvalue weighted by atomic mass is 9.99. The van der Waals surface area contributed by atoms with Gasteiger partial charge in [-0.2, -0.15) is 0 Å². The summed E-state index contributed by atoms with van der Waals surface area (Å²) in [5, 5.41) is 6.82. The Morgan fingerprint density at radius 2 is 0.979 bits per heavy atom. The lowest BCUT2D eigenvalue weighted by Gasteiger charge is -2.13. The summed E-state index contributed by atoms with van der Waals surface area (Å²) in [7, 11) is 0. The minimum absolute atomic E-state index is 0.597. The van der Waals surface area contributed by atoms with Crippen LogP contribution in [0, 0.1) is 0 Å². The van der Waals surface area contributed by atoms with Gasteiger partial charge in [0.05, 0.1) is 16.9 Å². The molecule has 3 heterocycles. The first-order valence-corrected chi connectivity index (χ1v) is 16.2. The third kappa shape index (κ3) is 4.03. The molecule has 0 N–H and O–H groups in total. The van der Waals surface area contributed by atoms with Gasteiger partial charge in [0.2, 0.25) is 5.95 Å². The first-order chi connectivity index (χ1) is 23.8. The van der Waals surface area contributed by atoms with Gasteiger partial charge in [-0.25, -0.2) is 9.97 Å². The molecule has 0 atom stereocenters. The van der Waals surface area contributed by atoms with E-state index in [4.69, 9.17) is 14.4 Å². The van der Waals surface area contributed by atoms with Crippen molar-refractivity contribution in [3.05, 3.63) is 164 Å². The van der Waals surface area contributed by atoms with Crippen LogP contribution in [0.2, 0.25) is 0 Å². The third-order valence-corrected chi connectivity index (χ3v) is 9.40. The van der Waals surface area contributed by atoms with E-state index < -0.39 is 0 Å². The van der Waals surface area contributed by atoms with E-state index in [9.17, 15) is 0 Å². The summed E-state index contributed by atoms with van der Waals surface area (Å²) < 4.78 is 8.99. The molecule has 0 aliphatic carbocycles. The Kier molecular flexibility index (Phi) is 5.84. The lowest BCUT2D eigenvalue weighted by Crippen LogP contribution is -2.04. The molecule has 10 aromatic rings. The molecule has 0 bridgehead atoms. The molecule has 224 valence electrons. The Hall–Kier alpha value is -6.52. The van der Waals surface area contributed by atoms with Gasteiger partial charge in [-0.1, -0.05) is 140 Å². The monoisotopic (exact) mass is 613 g/mol. The molecular weight excluding hydrogens is 587 g/mol. The fraction of sp³-hybridized carbons (Fsp3) is 0. The van der Waals surface area contributed by atoms with Crippen molar-refractivity contribution >= 4 is 54.5 Å². The van der Waals surface area contributed by atoms with Gasteiger partial charge in [-0.15, -0.1) is 0 Å². The van der Waals surface area contributed by atoms with Gasteiger partial charge in [-0.05, 0) is 46.2 Å². The summed E-state index contributed by atoms with van der Waals surface area (Å²) in [4.78, 5) is 10.7. The number of furan rings is 1. The molecule has 0 saturated carbocycles. The maximum absolute atomic E-state index is 6.78. The quantitative estimate of drug-likeness (QED) is 0.198. The molecule has 0 unspecified atom stereocenters. The molecule has 10 rings (SSSR count). The molecule has 0 aliphatic heterocycles. The Morgan fingerprint density at radius 1 is 0.417 bits per heavy atom. The van der Waals surface area contributed by atoms with Gasteiger partial charge in [0.1, 0.15) is 11.1 Å². The van der Waals surface area contributed by atoms with Gasteiger partial charge in [0.15, 0.2) is 5.58 Å². The highest BCUT2D eigenvalue weighted by Crippen LogP contribution is 2.45. The van der Waals surface area contributed by atoms with Gasteiger partial charge in [-0.3, -0.25) is 4.57 Å². The highest BCUT2D eigenvalue weighted by atomic mass is 16.3. The molecule has 4 heteroatoms. The predicted molar refractivity (Wildman–Crippen MR) is 197 cm³/mol. The fourth-order valence-electron chi connectivity index (χ4n) is 7.26. The minimum Gasteiger partial charge on any atom is -0.454 e. The highest BCUT2D eigenvalue weighted by molar-refractivity contribution is 6.34. The largest absolute Gasteiger partial charge is 0.454 e. The number of nitrogens with zero attached hydrogens (tertiary/aromatic N) is 3. The molecule has 48 heavy (non-hydrogen) atoms. The number of aromatic nitrogens is 3. The average molecular weight is 614 g/mol. The van der Waals surface area contributed by atoms with E-state index in [1.807, 2.05) is 24.3 Å². The number of para-hydroxylation sites is 2. The molecule has 0 saturated heterocycles. The maximum Gasteiger partial charge on any atom is 0.235 e. The Labute approximate surface area is 276 Å². The third-order valence-electron chi connectivity index (χ3n) is 9.40. The zero-order valence-electron chi connectivity index (χ0n) is 25.8. The van der Waals surface area contributed by atoms with E-state index in [2.05, 4.69) is 144 Å². The van der Waals surface area contributed by atoms with Crippen LogP contribution < -0.4 is 0 Å². The molecule has 0 amide bonds. The average Bonchev–Trinajstić information content (AvgIpc) is 3.73. The standard InChI is InChI=1S/C44H27N3O/c1-3-14-28(15-4-1)30-18-13-19-31(26-30)37-27-36(29-16-5-2-6-17-29)45-44(46-37)47-38-24-11-9-22-34(38)40-32-20-7-8-21-33(32)41-35-23-10-12-25-39(35)48-43(41)42(40)47/h1-27H. The molecule has 0 radical (unpaired) electrons. The van der Waals surface area contributed by atoms with Crippen LogP contribution in [0.1, 0.15) is 0 Å². The van der Waals surface area contributed by atoms with E-state index in [0.717, 1.165) is 71.8 Å².